The Hall–Kier alpha value is -3.52. The van der Waals surface area contributed by atoms with E-state index in [0.717, 1.165) is 22.5 Å². The van der Waals surface area contributed by atoms with Gasteiger partial charge in [0.05, 0.1) is 23.8 Å². The molecule has 5 rings (SSSR count). The lowest BCUT2D eigenvalue weighted by molar-refractivity contribution is 1.20. The Morgan fingerprint density at radius 1 is 0.556 bits per heavy atom. The predicted octanol–water partition coefficient (Wildman–Crippen LogP) is 6.43. The number of hydrogen-bond donors (Lipinski definition) is 0. The summed E-state index contributed by atoms with van der Waals surface area (Å²) in [5.74, 6) is 0. The lowest BCUT2D eigenvalue weighted by Crippen LogP contribution is -1.92. The van der Waals surface area contributed by atoms with E-state index < -0.39 is 0 Å². The molecule has 0 aliphatic heterocycles. The fraction of sp³-hybridized carbons (Fsp3) is 0.0400. The van der Waals surface area contributed by atoms with E-state index in [1.165, 1.54) is 27.1 Å². The number of fused-ring (bicyclic) bond motifs is 2. The molecule has 0 aliphatic carbocycles. The highest BCUT2D eigenvalue weighted by molar-refractivity contribution is 5.89. The maximum Gasteiger partial charge on any atom is 0.0888 e. The normalized spacial score (nSPS) is 11.1. The van der Waals surface area contributed by atoms with E-state index in [1.807, 2.05) is 12.4 Å². The molecule has 0 saturated heterocycles. The van der Waals surface area contributed by atoms with Crippen molar-refractivity contribution in [2.75, 3.05) is 0 Å². The number of rotatable bonds is 2. The number of nitrogens with zero attached hydrogens (tertiary/aromatic N) is 2. The van der Waals surface area contributed by atoms with Crippen molar-refractivity contribution in [1.82, 2.24) is 9.97 Å². The molecule has 0 N–H and O–H groups in total. The van der Waals surface area contributed by atoms with Crippen LogP contribution in [-0.2, 0) is 0 Å². The molecule has 2 nitrogen and oxygen atoms in total. The molecule has 1 aromatic heterocycles. The van der Waals surface area contributed by atoms with Gasteiger partial charge < -0.3 is 0 Å². The molecular weight excluding hydrogens is 328 g/mol. The molecule has 0 amide bonds. The molecule has 0 fully saturated rings. The quantitative estimate of drug-likeness (QED) is 0.368. The summed E-state index contributed by atoms with van der Waals surface area (Å²) in [6, 6.07) is 27.6. The monoisotopic (exact) mass is 346 g/mol. The van der Waals surface area contributed by atoms with Gasteiger partial charge in [-0.25, -0.2) is 0 Å². The van der Waals surface area contributed by atoms with E-state index in [0.29, 0.717) is 0 Å². The van der Waals surface area contributed by atoms with Crippen LogP contribution < -0.4 is 0 Å². The standard InChI is InChI=1S/C25H18N2/c1-17-12-19-7-4-5-9-21(19)14-23(17)25-16-26-24(15-27-25)22-11-10-18-6-2-3-8-20(18)13-22/h2-16H,1H3. The number of hydrogen-bond acceptors (Lipinski definition) is 2. The van der Waals surface area contributed by atoms with Crippen LogP contribution in [0, 0.1) is 6.92 Å². The third-order valence-electron chi connectivity index (χ3n) is 5.07. The fourth-order valence-corrected chi connectivity index (χ4v) is 3.59. The van der Waals surface area contributed by atoms with Crippen LogP contribution in [0.4, 0.5) is 0 Å². The van der Waals surface area contributed by atoms with Crippen molar-refractivity contribution in [3.63, 3.8) is 0 Å². The molecule has 5 aromatic rings. The first-order valence-electron chi connectivity index (χ1n) is 9.09. The summed E-state index contributed by atoms with van der Waals surface area (Å²) >= 11 is 0. The summed E-state index contributed by atoms with van der Waals surface area (Å²) in [5, 5.41) is 4.92. The highest BCUT2D eigenvalue weighted by Crippen LogP contribution is 2.28. The topological polar surface area (TPSA) is 25.8 Å². The van der Waals surface area contributed by atoms with Gasteiger partial charge in [0.15, 0.2) is 0 Å². The molecule has 128 valence electrons. The Bertz CT molecular complexity index is 1270. The van der Waals surface area contributed by atoms with Gasteiger partial charge in [0.2, 0.25) is 0 Å². The van der Waals surface area contributed by atoms with Crippen molar-refractivity contribution in [3.05, 3.63) is 96.8 Å². The van der Waals surface area contributed by atoms with E-state index in [9.17, 15) is 0 Å². The molecule has 0 aliphatic rings. The zero-order valence-corrected chi connectivity index (χ0v) is 15.1. The molecule has 0 bridgehead atoms. The third kappa shape index (κ3) is 2.85. The van der Waals surface area contributed by atoms with Gasteiger partial charge in [-0.15, -0.1) is 0 Å². The molecule has 2 heteroatoms. The molecule has 4 aromatic carbocycles. The molecule has 0 saturated carbocycles. The van der Waals surface area contributed by atoms with Crippen molar-refractivity contribution >= 4 is 21.5 Å². The number of aromatic nitrogens is 2. The highest BCUT2D eigenvalue weighted by atomic mass is 14.8. The maximum absolute atomic E-state index is 4.71. The van der Waals surface area contributed by atoms with Crippen LogP contribution in [-0.4, -0.2) is 9.97 Å². The minimum absolute atomic E-state index is 0.892. The fourth-order valence-electron chi connectivity index (χ4n) is 3.59. The molecule has 0 atom stereocenters. The average Bonchev–Trinajstić information content (AvgIpc) is 2.73. The SMILES string of the molecule is Cc1cc2ccccc2cc1-c1cnc(-c2ccc3ccccc3c2)cn1. The third-order valence-corrected chi connectivity index (χ3v) is 5.07. The number of benzene rings is 4. The predicted molar refractivity (Wildman–Crippen MR) is 113 cm³/mol. The molecule has 0 radical (unpaired) electrons. The smallest absolute Gasteiger partial charge is 0.0888 e. The van der Waals surface area contributed by atoms with Gasteiger partial charge in [-0.3, -0.25) is 9.97 Å². The first-order valence-corrected chi connectivity index (χ1v) is 9.09. The van der Waals surface area contributed by atoms with E-state index in [2.05, 4.69) is 85.8 Å². The second-order valence-corrected chi connectivity index (χ2v) is 6.86. The maximum atomic E-state index is 4.71. The highest BCUT2D eigenvalue weighted by Gasteiger charge is 2.08. The zero-order valence-electron chi connectivity index (χ0n) is 15.1. The largest absolute Gasteiger partial charge is 0.252 e. The summed E-state index contributed by atoms with van der Waals surface area (Å²) in [6.07, 6.45) is 3.75. The van der Waals surface area contributed by atoms with Gasteiger partial charge in [0.25, 0.3) is 0 Å². The Labute approximate surface area is 158 Å². The van der Waals surface area contributed by atoms with E-state index in [-0.39, 0.29) is 0 Å². The van der Waals surface area contributed by atoms with Gasteiger partial charge in [-0.2, -0.15) is 0 Å². The minimum Gasteiger partial charge on any atom is -0.252 e. The van der Waals surface area contributed by atoms with Crippen molar-refractivity contribution in [1.29, 1.82) is 0 Å². The van der Waals surface area contributed by atoms with Crippen molar-refractivity contribution < 1.29 is 0 Å². The average molecular weight is 346 g/mol. The molecule has 27 heavy (non-hydrogen) atoms. The van der Waals surface area contributed by atoms with Gasteiger partial charge >= 0.3 is 0 Å². The van der Waals surface area contributed by atoms with Crippen molar-refractivity contribution in [2.24, 2.45) is 0 Å². The van der Waals surface area contributed by atoms with Crippen LogP contribution >= 0.6 is 0 Å². The van der Waals surface area contributed by atoms with Crippen LogP contribution in [0.5, 0.6) is 0 Å². The van der Waals surface area contributed by atoms with Crippen LogP contribution in [0.3, 0.4) is 0 Å². The van der Waals surface area contributed by atoms with Crippen LogP contribution in [0.1, 0.15) is 5.56 Å². The van der Waals surface area contributed by atoms with Gasteiger partial charge in [0, 0.05) is 11.1 Å². The second kappa shape index (κ2) is 6.33. The van der Waals surface area contributed by atoms with E-state index >= 15 is 0 Å². The van der Waals surface area contributed by atoms with Crippen LogP contribution in [0.2, 0.25) is 0 Å². The van der Waals surface area contributed by atoms with Gasteiger partial charge in [-0.1, -0.05) is 66.7 Å². The van der Waals surface area contributed by atoms with Crippen LogP contribution in [0.25, 0.3) is 44.1 Å². The first kappa shape index (κ1) is 15.7. The van der Waals surface area contributed by atoms with E-state index in [4.69, 9.17) is 9.97 Å². The lowest BCUT2D eigenvalue weighted by Gasteiger charge is -2.09. The Morgan fingerprint density at radius 2 is 1.15 bits per heavy atom. The number of aryl methyl sites for hydroxylation is 1. The summed E-state index contributed by atoms with van der Waals surface area (Å²) in [5.41, 5.74) is 5.22. The first-order chi connectivity index (χ1) is 13.3. The van der Waals surface area contributed by atoms with Gasteiger partial charge in [0.1, 0.15) is 0 Å². The summed E-state index contributed by atoms with van der Waals surface area (Å²) in [6.45, 7) is 2.13. The second-order valence-electron chi connectivity index (χ2n) is 6.86. The lowest BCUT2D eigenvalue weighted by atomic mass is 10.00. The molecule has 0 unspecified atom stereocenters. The Kier molecular flexibility index (Phi) is 3.68. The summed E-state index contributed by atoms with van der Waals surface area (Å²) < 4.78 is 0. The molecular formula is C25H18N2. The van der Waals surface area contributed by atoms with Crippen molar-refractivity contribution in [2.45, 2.75) is 6.92 Å². The van der Waals surface area contributed by atoms with Crippen LogP contribution in [0.15, 0.2) is 91.3 Å². The van der Waals surface area contributed by atoms with Gasteiger partial charge in [-0.05, 0) is 46.2 Å². The van der Waals surface area contributed by atoms with Crippen molar-refractivity contribution in [3.8, 4) is 22.5 Å². The van der Waals surface area contributed by atoms with E-state index in [1.54, 1.807) is 0 Å². The zero-order chi connectivity index (χ0) is 18.2. The minimum atomic E-state index is 0.892. The molecule has 1 heterocycles. The summed E-state index contributed by atoms with van der Waals surface area (Å²) in [4.78, 5) is 9.40. The Morgan fingerprint density at radius 3 is 1.85 bits per heavy atom. The molecule has 0 spiro atoms. The summed E-state index contributed by atoms with van der Waals surface area (Å²) in [7, 11) is 0. The Balaban J connectivity index is 1.55.